The van der Waals surface area contributed by atoms with Crippen LogP contribution in [0.1, 0.15) is 71.0 Å². The van der Waals surface area contributed by atoms with Gasteiger partial charge in [0.15, 0.2) is 5.82 Å². The third-order valence-electron chi connectivity index (χ3n) is 4.52. The number of hydrogen-bond acceptors (Lipinski definition) is 5. The number of piperazine rings is 1. The summed E-state index contributed by atoms with van der Waals surface area (Å²) >= 11 is 0. The van der Waals surface area contributed by atoms with Gasteiger partial charge in [0, 0.05) is 32.1 Å². The minimum absolute atomic E-state index is 0.160. The third-order valence-corrected chi connectivity index (χ3v) is 4.52. The first kappa shape index (κ1) is 16.4. The highest BCUT2D eigenvalue weighted by Gasteiger charge is 2.34. The highest BCUT2D eigenvalue weighted by Crippen LogP contribution is 2.30. The van der Waals surface area contributed by atoms with E-state index in [9.17, 15) is 0 Å². The molecule has 2 heterocycles. The van der Waals surface area contributed by atoms with Gasteiger partial charge in [-0.3, -0.25) is 4.90 Å². The molecule has 1 N–H and O–H groups in total. The Morgan fingerprint density at radius 2 is 1.81 bits per heavy atom. The molecule has 1 aromatic rings. The summed E-state index contributed by atoms with van der Waals surface area (Å²) in [6.45, 7) is 12.9. The Morgan fingerprint density at radius 3 is 2.38 bits per heavy atom. The maximum absolute atomic E-state index is 5.61. The molecule has 0 spiro atoms. The SMILES string of the molecule is CCCC(CCC)c1nc(C(C)(C)N2CCNCC2)no1. The zero-order chi connectivity index (χ0) is 15.3. The van der Waals surface area contributed by atoms with Gasteiger partial charge in [0.1, 0.15) is 0 Å². The molecule has 1 aliphatic rings. The lowest BCUT2D eigenvalue weighted by Crippen LogP contribution is -2.52. The van der Waals surface area contributed by atoms with Crippen molar-refractivity contribution >= 4 is 0 Å². The number of nitrogens with zero attached hydrogens (tertiary/aromatic N) is 3. The molecule has 21 heavy (non-hydrogen) atoms. The summed E-state index contributed by atoms with van der Waals surface area (Å²) < 4.78 is 5.61. The van der Waals surface area contributed by atoms with Crippen molar-refractivity contribution in [3.63, 3.8) is 0 Å². The Labute approximate surface area is 128 Å². The third kappa shape index (κ3) is 3.83. The van der Waals surface area contributed by atoms with Crippen molar-refractivity contribution < 1.29 is 4.52 Å². The highest BCUT2D eigenvalue weighted by atomic mass is 16.5. The summed E-state index contributed by atoms with van der Waals surface area (Å²) in [6.07, 6.45) is 4.57. The molecule has 0 amide bonds. The van der Waals surface area contributed by atoms with E-state index < -0.39 is 0 Å². The fraction of sp³-hybridized carbons (Fsp3) is 0.875. The maximum Gasteiger partial charge on any atom is 0.229 e. The molecule has 2 rings (SSSR count). The summed E-state index contributed by atoms with van der Waals surface area (Å²) in [5.41, 5.74) is -0.160. The smallest absolute Gasteiger partial charge is 0.229 e. The summed E-state index contributed by atoms with van der Waals surface area (Å²) in [6, 6.07) is 0. The standard InChI is InChI=1S/C16H30N4O/c1-5-7-13(8-6-2)14-18-15(19-21-14)16(3,4)20-11-9-17-10-12-20/h13,17H,5-12H2,1-4H3. The van der Waals surface area contributed by atoms with Crippen molar-refractivity contribution in [2.45, 2.75) is 64.8 Å². The van der Waals surface area contributed by atoms with E-state index in [-0.39, 0.29) is 5.54 Å². The predicted molar refractivity (Wildman–Crippen MR) is 84.3 cm³/mol. The van der Waals surface area contributed by atoms with Crippen LogP contribution < -0.4 is 5.32 Å². The number of rotatable bonds is 7. The molecule has 0 bridgehead atoms. The van der Waals surface area contributed by atoms with Gasteiger partial charge in [0.2, 0.25) is 5.89 Å². The van der Waals surface area contributed by atoms with E-state index in [4.69, 9.17) is 9.51 Å². The van der Waals surface area contributed by atoms with Crippen molar-refractivity contribution in [3.05, 3.63) is 11.7 Å². The van der Waals surface area contributed by atoms with E-state index in [0.717, 1.165) is 63.6 Å². The van der Waals surface area contributed by atoms with Crippen molar-refractivity contribution in [1.82, 2.24) is 20.4 Å². The molecule has 1 aromatic heterocycles. The van der Waals surface area contributed by atoms with Crippen LogP contribution in [0.25, 0.3) is 0 Å². The van der Waals surface area contributed by atoms with Gasteiger partial charge < -0.3 is 9.84 Å². The molecule has 0 aliphatic carbocycles. The Morgan fingerprint density at radius 1 is 1.19 bits per heavy atom. The summed E-state index contributed by atoms with van der Waals surface area (Å²) in [4.78, 5) is 7.19. The van der Waals surface area contributed by atoms with E-state index in [0.29, 0.717) is 5.92 Å². The molecule has 0 atom stereocenters. The Hall–Kier alpha value is -0.940. The Balaban J connectivity index is 2.13. The van der Waals surface area contributed by atoms with Gasteiger partial charge >= 0.3 is 0 Å². The van der Waals surface area contributed by atoms with Gasteiger partial charge in [-0.2, -0.15) is 4.98 Å². The fourth-order valence-corrected chi connectivity index (χ4v) is 3.10. The molecule has 0 saturated carbocycles. The zero-order valence-corrected chi connectivity index (χ0v) is 14.0. The Kier molecular flexibility index (Phi) is 5.76. The van der Waals surface area contributed by atoms with Crippen LogP contribution in [0.15, 0.2) is 4.52 Å². The van der Waals surface area contributed by atoms with E-state index in [1.165, 1.54) is 0 Å². The first-order valence-electron chi connectivity index (χ1n) is 8.39. The second-order valence-corrected chi connectivity index (χ2v) is 6.53. The van der Waals surface area contributed by atoms with Gasteiger partial charge in [-0.25, -0.2) is 0 Å². The summed E-state index contributed by atoms with van der Waals surface area (Å²) in [5, 5.41) is 7.69. The summed E-state index contributed by atoms with van der Waals surface area (Å²) in [7, 11) is 0. The van der Waals surface area contributed by atoms with Crippen LogP contribution in [-0.4, -0.2) is 41.2 Å². The van der Waals surface area contributed by atoms with Crippen LogP contribution in [0.5, 0.6) is 0 Å². The minimum atomic E-state index is -0.160. The number of nitrogens with one attached hydrogen (secondary N) is 1. The Bertz CT molecular complexity index is 418. The lowest BCUT2D eigenvalue weighted by molar-refractivity contribution is 0.0924. The van der Waals surface area contributed by atoms with E-state index in [2.05, 4.69) is 43.1 Å². The highest BCUT2D eigenvalue weighted by molar-refractivity contribution is 5.05. The lowest BCUT2D eigenvalue weighted by Gasteiger charge is -2.38. The van der Waals surface area contributed by atoms with Gasteiger partial charge in [-0.05, 0) is 26.7 Å². The minimum Gasteiger partial charge on any atom is -0.339 e. The topological polar surface area (TPSA) is 54.2 Å². The quantitative estimate of drug-likeness (QED) is 0.838. The van der Waals surface area contributed by atoms with Crippen LogP contribution in [0.2, 0.25) is 0 Å². The number of aromatic nitrogens is 2. The molecule has 1 fully saturated rings. The molecule has 120 valence electrons. The van der Waals surface area contributed by atoms with Crippen LogP contribution in [0, 0.1) is 0 Å². The maximum atomic E-state index is 5.61. The van der Waals surface area contributed by atoms with Crippen molar-refractivity contribution in [2.75, 3.05) is 26.2 Å². The molecule has 0 aromatic carbocycles. The molecule has 5 heteroatoms. The zero-order valence-electron chi connectivity index (χ0n) is 14.0. The predicted octanol–water partition coefficient (Wildman–Crippen LogP) is 2.89. The van der Waals surface area contributed by atoms with Crippen molar-refractivity contribution in [2.24, 2.45) is 0 Å². The molecule has 1 saturated heterocycles. The average Bonchev–Trinajstić information content (AvgIpc) is 2.98. The van der Waals surface area contributed by atoms with Crippen molar-refractivity contribution in [3.8, 4) is 0 Å². The van der Waals surface area contributed by atoms with E-state index >= 15 is 0 Å². The van der Waals surface area contributed by atoms with Crippen LogP contribution in [0.3, 0.4) is 0 Å². The van der Waals surface area contributed by atoms with Gasteiger partial charge in [-0.1, -0.05) is 31.8 Å². The summed E-state index contributed by atoms with van der Waals surface area (Å²) in [5.74, 6) is 2.08. The molecule has 0 radical (unpaired) electrons. The normalized spacial score (nSPS) is 17.6. The molecular weight excluding hydrogens is 264 g/mol. The molecule has 5 nitrogen and oxygen atoms in total. The average molecular weight is 294 g/mol. The van der Waals surface area contributed by atoms with Crippen LogP contribution in [0.4, 0.5) is 0 Å². The first-order valence-corrected chi connectivity index (χ1v) is 8.39. The van der Waals surface area contributed by atoms with Gasteiger partial charge in [0.25, 0.3) is 0 Å². The lowest BCUT2D eigenvalue weighted by atomic mass is 9.97. The monoisotopic (exact) mass is 294 g/mol. The first-order chi connectivity index (χ1) is 10.1. The van der Waals surface area contributed by atoms with Gasteiger partial charge in [0.05, 0.1) is 5.54 Å². The van der Waals surface area contributed by atoms with E-state index in [1.807, 2.05) is 0 Å². The number of hydrogen-bond donors (Lipinski definition) is 1. The molecular formula is C16H30N4O. The molecule has 1 aliphatic heterocycles. The van der Waals surface area contributed by atoms with Crippen LogP contribution in [-0.2, 0) is 5.54 Å². The van der Waals surface area contributed by atoms with Crippen molar-refractivity contribution in [1.29, 1.82) is 0 Å². The second-order valence-electron chi connectivity index (χ2n) is 6.53. The van der Waals surface area contributed by atoms with E-state index in [1.54, 1.807) is 0 Å². The largest absolute Gasteiger partial charge is 0.339 e. The second kappa shape index (κ2) is 7.36. The fourth-order valence-electron chi connectivity index (χ4n) is 3.10. The molecule has 0 unspecified atom stereocenters. The van der Waals surface area contributed by atoms with Crippen LogP contribution >= 0.6 is 0 Å². The van der Waals surface area contributed by atoms with Gasteiger partial charge in [-0.15, -0.1) is 0 Å².